The van der Waals surface area contributed by atoms with Gasteiger partial charge in [-0.05, 0) is 6.26 Å². The van der Waals surface area contributed by atoms with Crippen molar-refractivity contribution in [3.05, 3.63) is 15.9 Å². The standard InChI is InChI=1S/C7H9N3O3S/c1-14-7-9-5(8)3(2-4(11)12)6(13)10-7/h2H2,1H3,(H,11,12)(H3,8,9,10,13). The van der Waals surface area contributed by atoms with Crippen LogP contribution in [0.25, 0.3) is 0 Å². The number of aromatic amines is 1. The van der Waals surface area contributed by atoms with Gasteiger partial charge in [0.15, 0.2) is 5.16 Å². The molecule has 1 rings (SSSR count). The maximum atomic E-state index is 11.3. The summed E-state index contributed by atoms with van der Waals surface area (Å²) in [7, 11) is 0. The highest BCUT2D eigenvalue weighted by molar-refractivity contribution is 7.98. The van der Waals surface area contributed by atoms with Gasteiger partial charge in [0.05, 0.1) is 12.0 Å². The molecule has 4 N–H and O–H groups in total. The third-order valence-electron chi connectivity index (χ3n) is 1.55. The van der Waals surface area contributed by atoms with Gasteiger partial charge in [-0.2, -0.15) is 0 Å². The van der Waals surface area contributed by atoms with Gasteiger partial charge in [-0.15, -0.1) is 0 Å². The summed E-state index contributed by atoms with van der Waals surface area (Å²) in [5.41, 5.74) is 4.94. The van der Waals surface area contributed by atoms with E-state index in [-0.39, 0.29) is 11.4 Å². The minimum Gasteiger partial charge on any atom is -0.481 e. The van der Waals surface area contributed by atoms with E-state index in [0.717, 1.165) is 0 Å². The van der Waals surface area contributed by atoms with Crippen molar-refractivity contribution in [2.24, 2.45) is 0 Å². The second-order valence-corrected chi connectivity index (χ2v) is 3.30. The molecule has 0 unspecified atom stereocenters. The number of H-pyrrole nitrogens is 1. The summed E-state index contributed by atoms with van der Waals surface area (Å²) in [5, 5.41) is 8.88. The summed E-state index contributed by atoms with van der Waals surface area (Å²) in [4.78, 5) is 27.9. The maximum absolute atomic E-state index is 11.3. The van der Waals surface area contributed by atoms with Gasteiger partial charge in [0.2, 0.25) is 0 Å². The normalized spacial score (nSPS) is 10.1. The van der Waals surface area contributed by atoms with Crippen LogP contribution < -0.4 is 11.3 Å². The molecule has 0 radical (unpaired) electrons. The fraction of sp³-hybridized carbons (Fsp3) is 0.286. The van der Waals surface area contributed by atoms with Crippen molar-refractivity contribution in [3.8, 4) is 0 Å². The number of rotatable bonds is 3. The lowest BCUT2D eigenvalue weighted by atomic mass is 10.2. The minimum absolute atomic E-state index is 0.00435. The minimum atomic E-state index is -1.11. The Hall–Kier alpha value is -1.50. The number of thioether (sulfide) groups is 1. The highest BCUT2D eigenvalue weighted by Gasteiger charge is 2.11. The average molecular weight is 215 g/mol. The third-order valence-corrected chi connectivity index (χ3v) is 2.13. The first-order valence-electron chi connectivity index (χ1n) is 3.69. The maximum Gasteiger partial charge on any atom is 0.308 e. The van der Waals surface area contributed by atoms with Crippen molar-refractivity contribution in [1.29, 1.82) is 0 Å². The predicted octanol–water partition coefficient (Wildman–Crippen LogP) is -0.299. The molecule has 0 amide bonds. The van der Waals surface area contributed by atoms with E-state index < -0.39 is 17.9 Å². The van der Waals surface area contributed by atoms with E-state index in [2.05, 4.69) is 9.97 Å². The molecule has 7 heteroatoms. The lowest BCUT2D eigenvalue weighted by Crippen LogP contribution is -2.20. The van der Waals surface area contributed by atoms with Gasteiger partial charge in [0.1, 0.15) is 5.82 Å². The SMILES string of the molecule is CSc1nc(N)c(CC(=O)O)c(=O)[nH]1. The van der Waals surface area contributed by atoms with Crippen molar-refractivity contribution in [2.75, 3.05) is 12.0 Å². The van der Waals surface area contributed by atoms with Gasteiger partial charge < -0.3 is 15.8 Å². The lowest BCUT2D eigenvalue weighted by molar-refractivity contribution is -0.136. The molecule has 0 aliphatic heterocycles. The monoisotopic (exact) mass is 215 g/mol. The summed E-state index contributed by atoms with van der Waals surface area (Å²) in [6.07, 6.45) is 1.32. The van der Waals surface area contributed by atoms with Gasteiger partial charge >= 0.3 is 5.97 Å². The predicted molar refractivity (Wildman–Crippen MR) is 52.4 cm³/mol. The number of aliphatic carboxylic acids is 1. The Balaban J connectivity index is 3.18. The number of hydrogen-bond acceptors (Lipinski definition) is 5. The van der Waals surface area contributed by atoms with Crippen molar-refractivity contribution >= 4 is 23.5 Å². The van der Waals surface area contributed by atoms with Crippen LogP contribution in [0.3, 0.4) is 0 Å². The van der Waals surface area contributed by atoms with Crippen LogP contribution in [0.4, 0.5) is 5.82 Å². The molecule has 1 heterocycles. The largest absolute Gasteiger partial charge is 0.481 e. The summed E-state index contributed by atoms with van der Waals surface area (Å²) >= 11 is 1.23. The van der Waals surface area contributed by atoms with Crippen molar-refractivity contribution in [1.82, 2.24) is 9.97 Å². The Labute approximate surface area is 83.5 Å². The molecule has 0 spiro atoms. The summed E-state index contributed by atoms with van der Waals surface area (Å²) in [5.74, 6) is -1.14. The molecule has 0 aliphatic rings. The number of nitrogens with zero attached hydrogens (tertiary/aromatic N) is 1. The number of carboxylic acid groups (broad SMARTS) is 1. The zero-order valence-corrected chi connectivity index (χ0v) is 8.22. The van der Waals surface area contributed by atoms with Gasteiger partial charge in [-0.3, -0.25) is 9.59 Å². The van der Waals surface area contributed by atoms with Crippen LogP contribution in [-0.4, -0.2) is 27.3 Å². The fourth-order valence-electron chi connectivity index (χ4n) is 0.912. The highest BCUT2D eigenvalue weighted by atomic mass is 32.2. The van der Waals surface area contributed by atoms with Crippen molar-refractivity contribution < 1.29 is 9.90 Å². The number of nitrogens with two attached hydrogens (primary N) is 1. The van der Waals surface area contributed by atoms with E-state index in [4.69, 9.17) is 10.8 Å². The van der Waals surface area contributed by atoms with E-state index >= 15 is 0 Å². The Bertz CT molecular complexity index is 415. The number of nitrogens with one attached hydrogen (secondary N) is 1. The van der Waals surface area contributed by atoms with Crippen molar-refractivity contribution in [3.63, 3.8) is 0 Å². The molecule has 0 atom stereocenters. The van der Waals surface area contributed by atoms with Crippen LogP contribution in [0.1, 0.15) is 5.56 Å². The molecule has 6 nitrogen and oxygen atoms in total. The number of nitrogen functional groups attached to an aromatic ring is 1. The van der Waals surface area contributed by atoms with Gasteiger partial charge in [-0.1, -0.05) is 11.8 Å². The first-order valence-corrected chi connectivity index (χ1v) is 4.91. The van der Waals surface area contributed by atoms with Crippen molar-refractivity contribution in [2.45, 2.75) is 11.6 Å². The molecule has 0 bridgehead atoms. The zero-order valence-electron chi connectivity index (χ0n) is 7.40. The molecule has 0 aromatic carbocycles. The van der Waals surface area contributed by atoms with Gasteiger partial charge in [0, 0.05) is 0 Å². The quantitative estimate of drug-likeness (QED) is 0.472. The topological polar surface area (TPSA) is 109 Å². The smallest absolute Gasteiger partial charge is 0.308 e. The number of anilines is 1. The summed E-state index contributed by atoms with van der Waals surface area (Å²) < 4.78 is 0. The first kappa shape index (κ1) is 10.6. The molecule has 0 saturated heterocycles. The van der Waals surface area contributed by atoms with Gasteiger partial charge in [0.25, 0.3) is 5.56 Å². The number of aromatic nitrogens is 2. The van der Waals surface area contributed by atoms with E-state index in [1.807, 2.05) is 0 Å². The third kappa shape index (κ3) is 2.25. The molecule has 14 heavy (non-hydrogen) atoms. The average Bonchev–Trinajstić information content (AvgIpc) is 2.10. The number of carboxylic acids is 1. The highest BCUT2D eigenvalue weighted by Crippen LogP contribution is 2.10. The second kappa shape index (κ2) is 4.14. The molecular formula is C7H9N3O3S. The van der Waals surface area contributed by atoms with Crippen LogP contribution >= 0.6 is 11.8 Å². The van der Waals surface area contributed by atoms with Crippen LogP contribution in [-0.2, 0) is 11.2 Å². The number of hydrogen-bond donors (Lipinski definition) is 3. The molecule has 0 aliphatic carbocycles. The zero-order chi connectivity index (χ0) is 10.7. The van der Waals surface area contributed by atoms with Crippen LogP contribution in [0.2, 0.25) is 0 Å². The first-order chi connectivity index (χ1) is 6.54. The Morgan fingerprint density at radius 3 is 2.79 bits per heavy atom. The second-order valence-electron chi connectivity index (χ2n) is 2.51. The Morgan fingerprint density at radius 1 is 1.71 bits per heavy atom. The van der Waals surface area contributed by atoms with Crippen LogP contribution in [0, 0.1) is 0 Å². The summed E-state index contributed by atoms with van der Waals surface area (Å²) in [6.45, 7) is 0. The van der Waals surface area contributed by atoms with Crippen LogP contribution in [0.15, 0.2) is 9.95 Å². The molecule has 76 valence electrons. The molecule has 0 saturated carbocycles. The van der Waals surface area contributed by atoms with E-state index in [1.165, 1.54) is 11.8 Å². The number of carbonyl (C=O) groups is 1. The molecule has 1 aromatic rings. The van der Waals surface area contributed by atoms with Gasteiger partial charge in [-0.25, -0.2) is 4.98 Å². The molecule has 0 fully saturated rings. The molecule has 1 aromatic heterocycles. The Kier molecular flexibility index (Phi) is 3.13. The fourth-order valence-corrected chi connectivity index (χ4v) is 1.30. The van der Waals surface area contributed by atoms with E-state index in [1.54, 1.807) is 6.26 Å². The van der Waals surface area contributed by atoms with Crippen LogP contribution in [0.5, 0.6) is 0 Å². The Morgan fingerprint density at radius 2 is 2.36 bits per heavy atom. The van der Waals surface area contributed by atoms with E-state index in [9.17, 15) is 9.59 Å². The summed E-state index contributed by atoms with van der Waals surface area (Å²) in [6, 6.07) is 0. The lowest BCUT2D eigenvalue weighted by Gasteiger charge is -2.02. The van der Waals surface area contributed by atoms with E-state index in [0.29, 0.717) is 5.16 Å². The molecular weight excluding hydrogens is 206 g/mol.